The fraction of sp³-hybridized carbons (Fsp3) is 0.333. The molecule has 4 heteroatoms. The molecule has 1 aromatic rings. The molecule has 4 nitrogen and oxygen atoms in total. The van der Waals surface area contributed by atoms with Gasteiger partial charge in [0.15, 0.2) is 0 Å². The minimum atomic E-state index is -0.492. The first kappa shape index (κ1) is 10.7. The summed E-state index contributed by atoms with van der Waals surface area (Å²) in [5, 5.41) is 0. The zero-order valence-electron chi connectivity index (χ0n) is 9.05. The molecule has 1 aromatic carbocycles. The van der Waals surface area contributed by atoms with Crippen molar-refractivity contribution in [3.63, 3.8) is 0 Å². The van der Waals surface area contributed by atoms with Crippen LogP contribution in [0.25, 0.3) is 0 Å². The van der Waals surface area contributed by atoms with Gasteiger partial charge in [0.2, 0.25) is 0 Å². The van der Waals surface area contributed by atoms with Crippen LogP contribution in [-0.2, 0) is 20.9 Å². The number of esters is 1. The van der Waals surface area contributed by atoms with Crippen molar-refractivity contribution in [2.75, 3.05) is 6.61 Å². The van der Waals surface area contributed by atoms with Gasteiger partial charge in [-0.25, -0.2) is 9.79 Å². The molecule has 2 rings (SSSR count). The number of hydrogen-bond acceptors (Lipinski definition) is 4. The molecule has 0 aliphatic carbocycles. The largest absolute Gasteiger partial charge is 0.471 e. The van der Waals surface area contributed by atoms with E-state index < -0.39 is 5.97 Å². The predicted molar refractivity (Wildman–Crippen MR) is 59.1 cm³/mol. The molecule has 0 spiro atoms. The summed E-state index contributed by atoms with van der Waals surface area (Å²) in [5.41, 5.74) is 0.947. The van der Waals surface area contributed by atoms with Gasteiger partial charge < -0.3 is 9.47 Å². The Kier molecular flexibility index (Phi) is 3.19. The van der Waals surface area contributed by atoms with E-state index >= 15 is 0 Å². The monoisotopic (exact) mass is 219 g/mol. The van der Waals surface area contributed by atoms with Crippen LogP contribution in [0.5, 0.6) is 0 Å². The number of carbonyl (C=O) groups is 1. The van der Waals surface area contributed by atoms with Gasteiger partial charge in [0.05, 0.1) is 6.04 Å². The Morgan fingerprint density at radius 1 is 1.50 bits per heavy atom. The van der Waals surface area contributed by atoms with Crippen molar-refractivity contribution in [2.45, 2.75) is 19.6 Å². The Morgan fingerprint density at radius 2 is 2.25 bits per heavy atom. The fourth-order valence-electron chi connectivity index (χ4n) is 1.37. The van der Waals surface area contributed by atoms with Gasteiger partial charge in [-0.05, 0) is 12.5 Å². The normalized spacial score (nSPS) is 18.8. The van der Waals surface area contributed by atoms with Gasteiger partial charge in [0.25, 0.3) is 5.90 Å². The van der Waals surface area contributed by atoms with Gasteiger partial charge in [-0.1, -0.05) is 30.3 Å². The maximum atomic E-state index is 11.5. The Balaban J connectivity index is 1.87. The molecule has 1 aliphatic heterocycles. The number of benzene rings is 1. The molecule has 0 radical (unpaired) electrons. The lowest BCUT2D eigenvalue weighted by Crippen LogP contribution is -2.17. The quantitative estimate of drug-likeness (QED) is 0.724. The fourth-order valence-corrected chi connectivity index (χ4v) is 1.37. The second kappa shape index (κ2) is 4.79. The molecule has 0 saturated heterocycles. The third-order valence-electron chi connectivity index (χ3n) is 2.19. The van der Waals surface area contributed by atoms with Crippen LogP contribution in [0.1, 0.15) is 12.5 Å². The van der Waals surface area contributed by atoms with Crippen LogP contribution in [0.3, 0.4) is 0 Å². The van der Waals surface area contributed by atoms with Crippen LogP contribution in [0.2, 0.25) is 0 Å². The summed E-state index contributed by atoms with van der Waals surface area (Å²) in [6, 6.07) is 9.54. The third-order valence-corrected chi connectivity index (χ3v) is 2.19. The maximum absolute atomic E-state index is 11.5. The minimum Gasteiger partial charge on any atom is -0.471 e. The highest BCUT2D eigenvalue weighted by molar-refractivity contribution is 6.33. The molecule has 0 aromatic heterocycles. The molecule has 1 unspecified atom stereocenters. The van der Waals surface area contributed by atoms with Crippen molar-refractivity contribution in [3.8, 4) is 0 Å². The lowest BCUT2D eigenvalue weighted by atomic mass is 10.2. The summed E-state index contributed by atoms with van der Waals surface area (Å²) >= 11 is 0. The Labute approximate surface area is 93.9 Å². The molecule has 0 amide bonds. The number of rotatable bonds is 3. The molecule has 0 N–H and O–H groups in total. The van der Waals surface area contributed by atoms with Crippen LogP contribution < -0.4 is 0 Å². The molecule has 0 bridgehead atoms. The van der Waals surface area contributed by atoms with E-state index in [1.165, 1.54) is 0 Å². The molecule has 1 heterocycles. The van der Waals surface area contributed by atoms with Crippen molar-refractivity contribution >= 4 is 11.9 Å². The van der Waals surface area contributed by atoms with E-state index in [2.05, 4.69) is 4.99 Å². The number of nitrogens with zero attached hydrogens (tertiary/aromatic N) is 1. The van der Waals surface area contributed by atoms with E-state index in [1.54, 1.807) is 0 Å². The topological polar surface area (TPSA) is 47.9 Å². The average Bonchev–Trinajstić information content (AvgIpc) is 2.74. The van der Waals surface area contributed by atoms with Crippen molar-refractivity contribution in [2.24, 2.45) is 4.99 Å². The molecule has 16 heavy (non-hydrogen) atoms. The van der Waals surface area contributed by atoms with Crippen molar-refractivity contribution in [1.29, 1.82) is 0 Å². The third kappa shape index (κ3) is 2.59. The van der Waals surface area contributed by atoms with Crippen LogP contribution >= 0.6 is 0 Å². The summed E-state index contributed by atoms with van der Waals surface area (Å²) in [4.78, 5) is 15.5. The highest BCUT2D eigenvalue weighted by Gasteiger charge is 2.22. The van der Waals surface area contributed by atoms with Crippen LogP contribution in [0.4, 0.5) is 0 Å². The second-order valence-electron chi connectivity index (χ2n) is 3.66. The van der Waals surface area contributed by atoms with E-state index in [9.17, 15) is 4.79 Å². The molecular formula is C12H13NO3. The summed E-state index contributed by atoms with van der Waals surface area (Å²) in [5.74, 6) is -0.406. The van der Waals surface area contributed by atoms with Gasteiger partial charge in [0.1, 0.15) is 13.2 Å². The molecule has 0 fully saturated rings. The Bertz CT molecular complexity index is 400. The average molecular weight is 219 g/mol. The minimum absolute atomic E-state index is 0.0410. The summed E-state index contributed by atoms with van der Waals surface area (Å²) in [6.07, 6.45) is 0. The van der Waals surface area contributed by atoms with E-state index in [0.717, 1.165) is 5.56 Å². The molecule has 1 aliphatic rings. The number of hydrogen-bond donors (Lipinski definition) is 0. The van der Waals surface area contributed by atoms with Crippen LogP contribution in [-0.4, -0.2) is 24.5 Å². The number of ether oxygens (including phenoxy) is 2. The van der Waals surface area contributed by atoms with Crippen molar-refractivity contribution in [3.05, 3.63) is 35.9 Å². The van der Waals surface area contributed by atoms with Crippen LogP contribution in [0.15, 0.2) is 35.3 Å². The van der Waals surface area contributed by atoms with E-state index in [1.807, 2.05) is 37.3 Å². The van der Waals surface area contributed by atoms with Crippen molar-refractivity contribution in [1.82, 2.24) is 0 Å². The lowest BCUT2D eigenvalue weighted by Gasteiger charge is -2.03. The standard InChI is InChI=1S/C12H13NO3/c1-9-7-15-11(13-9)12(14)16-8-10-5-3-2-4-6-10/h2-6,9H,7-8H2,1H3. The first-order chi connectivity index (χ1) is 7.75. The summed E-state index contributed by atoms with van der Waals surface area (Å²) in [7, 11) is 0. The van der Waals surface area contributed by atoms with E-state index in [-0.39, 0.29) is 18.5 Å². The number of aliphatic imine (C=N–C) groups is 1. The predicted octanol–water partition coefficient (Wildman–Crippen LogP) is 1.55. The molecule has 1 atom stereocenters. The zero-order chi connectivity index (χ0) is 11.4. The van der Waals surface area contributed by atoms with Gasteiger partial charge in [-0.15, -0.1) is 0 Å². The SMILES string of the molecule is CC1COC(C(=O)OCc2ccccc2)=N1. The molecular weight excluding hydrogens is 206 g/mol. The smallest absolute Gasteiger partial charge is 0.394 e. The van der Waals surface area contributed by atoms with Gasteiger partial charge in [-0.2, -0.15) is 0 Å². The zero-order valence-corrected chi connectivity index (χ0v) is 9.05. The summed E-state index contributed by atoms with van der Waals surface area (Å²) < 4.78 is 10.2. The maximum Gasteiger partial charge on any atom is 0.394 e. The second-order valence-corrected chi connectivity index (χ2v) is 3.66. The summed E-state index contributed by atoms with van der Waals surface area (Å²) in [6.45, 7) is 2.59. The lowest BCUT2D eigenvalue weighted by molar-refractivity contribution is -0.138. The highest BCUT2D eigenvalue weighted by Crippen LogP contribution is 2.06. The first-order valence-electron chi connectivity index (χ1n) is 5.17. The number of carbonyl (C=O) groups excluding carboxylic acids is 1. The van der Waals surface area contributed by atoms with Gasteiger partial charge in [0, 0.05) is 0 Å². The Hall–Kier alpha value is -1.84. The molecule has 0 saturated carbocycles. The Morgan fingerprint density at radius 3 is 2.88 bits per heavy atom. The van der Waals surface area contributed by atoms with Gasteiger partial charge in [-0.3, -0.25) is 0 Å². The molecule has 84 valence electrons. The van der Waals surface area contributed by atoms with E-state index in [0.29, 0.717) is 6.61 Å². The first-order valence-corrected chi connectivity index (χ1v) is 5.17. The van der Waals surface area contributed by atoms with Gasteiger partial charge >= 0.3 is 5.97 Å². The highest BCUT2D eigenvalue weighted by atomic mass is 16.6. The van der Waals surface area contributed by atoms with Crippen molar-refractivity contribution < 1.29 is 14.3 Å². The van der Waals surface area contributed by atoms with E-state index in [4.69, 9.17) is 9.47 Å². The van der Waals surface area contributed by atoms with Crippen LogP contribution in [0, 0.1) is 0 Å².